The number of primary amides is 1. The lowest BCUT2D eigenvalue weighted by Crippen LogP contribution is -2.06. The second-order valence-electron chi connectivity index (χ2n) is 3.49. The fourth-order valence-corrected chi connectivity index (χ4v) is 2.16. The zero-order valence-electron chi connectivity index (χ0n) is 7.89. The molecule has 0 atom stereocenters. The van der Waals surface area contributed by atoms with E-state index in [1.54, 1.807) is 0 Å². The van der Waals surface area contributed by atoms with Gasteiger partial charge in [-0.3, -0.25) is 4.79 Å². The number of hydrogen-bond donors (Lipinski definition) is 1. The molecule has 0 heterocycles. The molecule has 0 bridgehead atoms. The van der Waals surface area contributed by atoms with Gasteiger partial charge in [-0.05, 0) is 41.7 Å². The number of amides is 1. The molecule has 0 aliphatic heterocycles. The van der Waals surface area contributed by atoms with Crippen molar-refractivity contribution in [2.45, 2.75) is 12.8 Å². The Bertz CT molecular complexity index is 468. The van der Waals surface area contributed by atoms with Gasteiger partial charge in [0.1, 0.15) is 5.82 Å². The van der Waals surface area contributed by atoms with Gasteiger partial charge in [0.15, 0.2) is 0 Å². The van der Waals surface area contributed by atoms with E-state index < -0.39 is 11.7 Å². The Morgan fingerprint density at radius 1 is 1.47 bits per heavy atom. The maximum atomic E-state index is 13.1. The van der Waals surface area contributed by atoms with Crippen molar-refractivity contribution in [1.82, 2.24) is 0 Å². The quantitative estimate of drug-likeness (QED) is 0.733. The molecular formula is C11H9ClFNO. The highest BCUT2D eigenvalue weighted by Gasteiger charge is 2.20. The summed E-state index contributed by atoms with van der Waals surface area (Å²) in [7, 11) is 0. The van der Waals surface area contributed by atoms with E-state index in [4.69, 9.17) is 17.3 Å². The number of benzene rings is 1. The largest absolute Gasteiger partial charge is 0.366 e. The molecule has 0 fully saturated rings. The molecule has 0 radical (unpaired) electrons. The van der Waals surface area contributed by atoms with Crippen LogP contribution in [0.1, 0.15) is 17.5 Å². The zero-order chi connectivity index (χ0) is 11.0. The SMILES string of the molecule is NC(=O)/C=C1\CCc2c(Cl)cc(F)cc21. The van der Waals surface area contributed by atoms with Crippen LogP contribution in [0.2, 0.25) is 5.02 Å². The van der Waals surface area contributed by atoms with Gasteiger partial charge < -0.3 is 5.73 Å². The summed E-state index contributed by atoms with van der Waals surface area (Å²) in [6, 6.07) is 2.68. The van der Waals surface area contributed by atoms with E-state index >= 15 is 0 Å². The summed E-state index contributed by atoms with van der Waals surface area (Å²) in [5.74, 6) is -0.908. The van der Waals surface area contributed by atoms with Crippen molar-refractivity contribution in [3.05, 3.63) is 40.2 Å². The van der Waals surface area contributed by atoms with Crippen LogP contribution in [0.15, 0.2) is 18.2 Å². The third-order valence-electron chi connectivity index (χ3n) is 2.47. The summed E-state index contributed by atoms with van der Waals surface area (Å²) in [4.78, 5) is 10.8. The van der Waals surface area contributed by atoms with E-state index in [1.165, 1.54) is 18.2 Å². The Balaban J connectivity index is 2.55. The van der Waals surface area contributed by atoms with Crippen LogP contribution in [0.25, 0.3) is 5.57 Å². The molecule has 0 saturated heterocycles. The summed E-state index contributed by atoms with van der Waals surface area (Å²) in [6.45, 7) is 0. The zero-order valence-corrected chi connectivity index (χ0v) is 8.64. The van der Waals surface area contributed by atoms with Gasteiger partial charge in [-0.15, -0.1) is 0 Å². The number of carbonyl (C=O) groups is 1. The van der Waals surface area contributed by atoms with Crippen LogP contribution in [-0.4, -0.2) is 5.91 Å². The van der Waals surface area contributed by atoms with Crippen LogP contribution in [0.3, 0.4) is 0 Å². The summed E-state index contributed by atoms with van der Waals surface area (Å²) in [5, 5.41) is 0.415. The van der Waals surface area contributed by atoms with Gasteiger partial charge in [0.25, 0.3) is 0 Å². The fourth-order valence-electron chi connectivity index (χ4n) is 1.86. The van der Waals surface area contributed by atoms with E-state index in [2.05, 4.69) is 0 Å². The number of carbonyl (C=O) groups excluding carboxylic acids is 1. The number of rotatable bonds is 1. The normalized spacial score (nSPS) is 16.8. The summed E-state index contributed by atoms with van der Waals surface area (Å²) < 4.78 is 13.1. The van der Waals surface area contributed by atoms with Gasteiger partial charge in [0.2, 0.25) is 5.91 Å². The summed E-state index contributed by atoms with van der Waals surface area (Å²) in [5.41, 5.74) is 7.43. The van der Waals surface area contributed by atoms with Crippen molar-refractivity contribution < 1.29 is 9.18 Å². The summed E-state index contributed by atoms with van der Waals surface area (Å²) >= 11 is 5.89. The van der Waals surface area contributed by atoms with E-state index in [0.717, 1.165) is 17.6 Å². The molecule has 0 unspecified atom stereocenters. The van der Waals surface area contributed by atoms with E-state index in [1.807, 2.05) is 0 Å². The summed E-state index contributed by atoms with van der Waals surface area (Å²) in [6.07, 6.45) is 2.75. The monoisotopic (exact) mass is 225 g/mol. The van der Waals surface area contributed by atoms with Crippen LogP contribution in [0.5, 0.6) is 0 Å². The van der Waals surface area contributed by atoms with E-state index in [-0.39, 0.29) is 0 Å². The lowest BCUT2D eigenvalue weighted by molar-refractivity contribution is -0.113. The van der Waals surface area contributed by atoms with Gasteiger partial charge in [-0.2, -0.15) is 0 Å². The lowest BCUT2D eigenvalue weighted by atomic mass is 10.1. The number of hydrogen-bond acceptors (Lipinski definition) is 1. The van der Waals surface area contributed by atoms with E-state index in [0.29, 0.717) is 17.0 Å². The van der Waals surface area contributed by atoms with Crippen molar-refractivity contribution in [3.8, 4) is 0 Å². The first-order valence-electron chi connectivity index (χ1n) is 4.56. The van der Waals surface area contributed by atoms with E-state index in [9.17, 15) is 9.18 Å². The Kier molecular flexibility index (Phi) is 2.49. The number of halogens is 2. The maximum Gasteiger partial charge on any atom is 0.241 e. The van der Waals surface area contributed by atoms with Gasteiger partial charge in [-0.25, -0.2) is 4.39 Å². The Morgan fingerprint density at radius 2 is 2.20 bits per heavy atom. The minimum absolute atomic E-state index is 0.393. The average molecular weight is 226 g/mol. The van der Waals surface area contributed by atoms with Crippen molar-refractivity contribution in [2.75, 3.05) is 0 Å². The lowest BCUT2D eigenvalue weighted by Gasteiger charge is -2.02. The molecular weight excluding hydrogens is 217 g/mol. The molecule has 4 heteroatoms. The van der Waals surface area contributed by atoms with Crippen LogP contribution in [0.4, 0.5) is 4.39 Å². The van der Waals surface area contributed by atoms with Gasteiger partial charge >= 0.3 is 0 Å². The molecule has 1 aliphatic rings. The average Bonchev–Trinajstić information content (AvgIpc) is 2.48. The van der Waals surface area contributed by atoms with Crippen LogP contribution in [-0.2, 0) is 11.2 Å². The molecule has 1 amide bonds. The number of nitrogens with two attached hydrogens (primary N) is 1. The third kappa shape index (κ3) is 1.88. The minimum Gasteiger partial charge on any atom is -0.366 e. The minimum atomic E-state index is -0.516. The topological polar surface area (TPSA) is 43.1 Å². The molecule has 2 rings (SSSR count). The highest BCUT2D eigenvalue weighted by Crippen LogP contribution is 2.36. The van der Waals surface area contributed by atoms with Crippen LogP contribution < -0.4 is 5.73 Å². The maximum absolute atomic E-state index is 13.1. The van der Waals surface area contributed by atoms with Crippen LogP contribution in [0, 0.1) is 5.82 Å². The molecule has 1 aromatic carbocycles. The molecule has 1 aliphatic carbocycles. The first-order valence-corrected chi connectivity index (χ1v) is 4.94. The van der Waals surface area contributed by atoms with Crippen molar-refractivity contribution >= 4 is 23.1 Å². The first kappa shape index (κ1) is 10.2. The van der Waals surface area contributed by atoms with Crippen molar-refractivity contribution in [2.24, 2.45) is 5.73 Å². The van der Waals surface area contributed by atoms with Crippen molar-refractivity contribution in [3.63, 3.8) is 0 Å². The molecule has 0 saturated carbocycles. The highest BCUT2D eigenvalue weighted by atomic mass is 35.5. The predicted molar refractivity (Wildman–Crippen MR) is 56.9 cm³/mol. The predicted octanol–water partition coefficient (Wildman–Crippen LogP) is 2.29. The fraction of sp³-hybridized carbons (Fsp3) is 0.182. The Hall–Kier alpha value is -1.35. The molecule has 0 spiro atoms. The molecule has 2 nitrogen and oxygen atoms in total. The molecule has 1 aromatic rings. The van der Waals surface area contributed by atoms with Crippen molar-refractivity contribution in [1.29, 1.82) is 0 Å². The van der Waals surface area contributed by atoms with Gasteiger partial charge in [0, 0.05) is 11.1 Å². The third-order valence-corrected chi connectivity index (χ3v) is 2.80. The molecule has 78 valence electrons. The molecule has 2 N–H and O–H groups in total. The highest BCUT2D eigenvalue weighted by molar-refractivity contribution is 6.31. The molecule has 0 aromatic heterocycles. The van der Waals surface area contributed by atoms with Crippen LogP contribution >= 0.6 is 11.6 Å². The Labute approximate surface area is 91.5 Å². The second-order valence-corrected chi connectivity index (χ2v) is 3.89. The number of allylic oxidation sites excluding steroid dienone is 1. The first-order chi connectivity index (χ1) is 7.08. The van der Waals surface area contributed by atoms with Gasteiger partial charge in [0.05, 0.1) is 0 Å². The number of fused-ring (bicyclic) bond motifs is 1. The van der Waals surface area contributed by atoms with Gasteiger partial charge in [-0.1, -0.05) is 11.6 Å². The smallest absolute Gasteiger partial charge is 0.241 e. The second kappa shape index (κ2) is 3.66. The standard InChI is InChI=1S/C11H9ClFNO/c12-10-5-7(13)4-9-6(3-11(14)15)1-2-8(9)10/h3-5H,1-2H2,(H2,14,15)/b6-3+. The molecule has 15 heavy (non-hydrogen) atoms. The Morgan fingerprint density at radius 3 is 2.87 bits per heavy atom.